The molecule has 1 saturated heterocycles. The molecule has 2 aliphatic rings. The third-order valence-electron chi connectivity index (χ3n) is 4.68. The molecule has 18 heavy (non-hydrogen) atoms. The minimum Gasteiger partial charge on any atom is -0.330 e. The monoisotopic (exact) mass is 253 g/mol. The van der Waals surface area contributed by atoms with Crippen LogP contribution >= 0.6 is 0 Å². The van der Waals surface area contributed by atoms with Gasteiger partial charge in [0, 0.05) is 31.7 Å². The molecule has 0 radical (unpaired) electrons. The predicted octanol–water partition coefficient (Wildman–Crippen LogP) is 1.92. The molecule has 2 rings (SSSR count). The highest BCUT2D eigenvalue weighted by molar-refractivity contribution is 4.87. The number of hydrogen-bond donors (Lipinski definition) is 1. The molecule has 106 valence electrons. The maximum absolute atomic E-state index is 5.84. The first-order valence-electron chi connectivity index (χ1n) is 7.85. The zero-order valence-corrected chi connectivity index (χ0v) is 12.3. The second kappa shape index (κ2) is 6.88. The summed E-state index contributed by atoms with van der Waals surface area (Å²) in [5.41, 5.74) is 5.84. The Morgan fingerprint density at radius 3 is 2.44 bits per heavy atom. The van der Waals surface area contributed by atoms with Crippen molar-refractivity contribution in [3.8, 4) is 0 Å². The summed E-state index contributed by atoms with van der Waals surface area (Å²) >= 11 is 0. The van der Waals surface area contributed by atoms with E-state index in [1.165, 1.54) is 51.7 Å². The molecule has 3 heteroatoms. The quantitative estimate of drug-likeness (QED) is 0.834. The van der Waals surface area contributed by atoms with E-state index in [-0.39, 0.29) is 0 Å². The van der Waals surface area contributed by atoms with Gasteiger partial charge in [-0.05, 0) is 38.8 Å². The van der Waals surface area contributed by atoms with Gasteiger partial charge in [-0.2, -0.15) is 0 Å². The van der Waals surface area contributed by atoms with Crippen LogP contribution in [0.15, 0.2) is 0 Å². The standard InChI is InChI=1S/C15H31N3/c1-13-10-17(2)12-15(8-9-16)18(11-13)14-6-4-3-5-7-14/h13-15H,3-12,16H2,1-2H3. The SMILES string of the molecule is CC1CN(C)CC(CCN)N(C2CCCCC2)C1. The lowest BCUT2D eigenvalue weighted by Gasteiger charge is -2.40. The summed E-state index contributed by atoms with van der Waals surface area (Å²) in [6.07, 6.45) is 8.30. The fourth-order valence-corrected chi connectivity index (χ4v) is 3.95. The third-order valence-corrected chi connectivity index (χ3v) is 4.68. The molecule has 2 N–H and O–H groups in total. The van der Waals surface area contributed by atoms with Gasteiger partial charge in [0.15, 0.2) is 0 Å². The molecule has 3 nitrogen and oxygen atoms in total. The van der Waals surface area contributed by atoms with Crippen LogP contribution in [-0.2, 0) is 0 Å². The van der Waals surface area contributed by atoms with Gasteiger partial charge in [-0.1, -0.05) is 26.2 Å². The smallest absolute Gasteiger partial charge is 0.0238 e. The Labute approximate surface area is 113 Å². The van der Waals surface area contributed by atoms with Crippen molar-refractivity contribution in [2.45, 2.75) is 57.5 Å². The number of nitrogens with two attached hydrogens (primary N) is 1. The van der Waals surface area contributed by atoms with Crippen LogP contribution in [0.5, 0.6) is 0 Å². The Kier molecular flexibility index (Phi) is 5.46. The first-order chi connectivity index (χ1) is 8.70. The van der Waals surface area contributed by atoms with Crippen LogP contribution < -0.4 is 5.73 Å². The van der Waals surface area contributed by atoms with Crippen LogP contribution in [0, 0.1) is 5.92 Å². The average Bonchev–Trinajstić information content (AvgIpc) is 2.49. The Hall–Kier alpha value is -0.120. The Morgan fingerprint density at radius 2 is 1.78 bits per heavy atom. The third kappa shape index (κ3) is 3.69. The molecule has 1 heterocycles. The van der Waals surface area contributed by atoms with Crippen molar-refractivity contribution >= 4 is 0 Å². The molecule has 1 aliphatic heterocycles. The number of nitrogens with zero attached hydrogens (tertiary/aromatic N) is 2. The highest BCUT2D eigenvalue weighted by Crippen LogP contribution is 2.27. The molecule has 2 fully saturated rings. The number of rotatable bonds is 3. The van der Waals surface area contributed by atoms with Crippen molar-refractivity contribution in [2.24, 2.45) is 11.7 Å². The van der Waals surface area contributed by atoms with Crippen LogP contribution in [-0.4, -0.2) is 55.1 Å². The molecular weight excluding hydrogens is 222 g/mol. The van der Waals surface area contributed by atoms with Gasteiger partial charge in [0.1, 0.15) is 0 Å². The van der Waals surface area contributed by atoms with Crippen LogP contribution in [0.25, 0.3) is 0 Å². The van der Waals surface area contributed by atoms with Gasteiger partial charge in [-0.15, -0.1) is 0 Å². The molecule has 2 unspecified atom stereocenters. The van der Waals surface area contributed by atoms with E-state index < -0.39 is 0 Å². The van der Waals surface area contributed by atoms with E-state index in [4.69, 9.17) is 5.73 Å². The maximum atomic E-state index is 5.84. The first kappa shape index (κ1) is 14.3. The first-order valence-corrected chi connectivity index (χ1v) is 7.85. The fourth-order valence-electron chi connectivity index (χ4n) is 3.95. The molecule has 0 aromatic heterocycles. The van der Waals surface area contributed by atoms with E-state index in [1.807, 2.05) is 0 Å². The summed E-state index contributed by atoms with van der Waals surface area (Å²) in [5, 5.41) is 0. The number of hydrogen-bond acceptors (Lipinski definition) is 3. The van der Waals surface area contributed by atoms with Gasteiger partial charge >= 0.3 is 0 Å². The van der Waals surface area contributed by atoms with Crippen molar-refractivity contribution in [1.29, 1.82) is 0 Å². The number of likely N-dealkylation sites (N-methyl/N-ethyl adjacent to an activating group) is 1. The molecule has 0 bridgehead atoms. The lowest BCUT2D eigenvalue weighted by molar-refractivity contribution is 0.0928. The lowest BCUT2D eigenvalue weighted by Crippen LogP contribution is -2.48. The summed E-state index contributed by atoms with van der Waals surface area (Å²) in [6, 6.07) is 1.53. The Morgan fingerprint density at radius 1 is 1.06 bits per heavy atom. The second-order valence-corrected chi connectivity index (χ2v) is 6.55. The lowest BCUT2D eigenvalue weighted by atomic mass is 9.92. The highest BCUT2D eigenvalue weighted by Gasteiger charge is 2.31. The summed E-state index contributed by atoms with van der Waals surface area (Å²) < 4.78 is 0. The summed E-state index contributed by atoms with van der Waals surface area (Å²) in [7, 11) is 2.27. The van der Waals surface area contributed by atoms with Crippen molar-refractivity contribution in [3.05, 3.63) is 0 Å². The van der Waals surface area contributed by atoms with E-state index in [0.717, 1.165) is 24.9 Å². The van der Waals surface area contributed by atoms with E-state index in [0.29, 0.717) is 6.04 Å². The molecule has 0 spiro atoms. The molecule has 0 aromatic rings. The average molecular weight is 253 g/mol. The van der Waals surface area contributed by atoms with Gasteiger partial charge in [0.25, 0.3) is 0 Å². The zero-order chi connectivity index (χ0) is 13.0. The van der Waals surface area contributed by atoms with E-state index in [1.54, 1.807) is 0 Å². The normalized spacial score (nSPS) is 33.5. The maximum Gasteiger partial charge on any atom is 0.0238 e. The largest absolute Gasteiger partial charge is 0.330 e. The molecule has 1 aliphatic carbocycles. The van der Waals surface area contributed by atoms with E-state index in [9.17, 15) is 0 Å². The van der Waals surface area contributed by atoms with Gasteiger partial charge in [0.05, 0.1) is 0 Å². The van der Waals surface area contributed by atoms with Gasteiger partial charge < -0.3 is 10.6 Å². The minimum atomic E-state index is 0.688. The fraction of sp³-hybridized carbons (Fsp3) is 1.00. The van der Waals surface area contributed by atoms with Crippen molar-refractivity contribution in [1.82, 2.24) is 9.80 Å². The zero-order valence-electron chi connectivity index (χ0n) is 12.3. The van der Waals surface area contributed by atoms with Crippen molar-refractivity contribution < 1.29 is 0 Å². The summed E-state index contributed by atoms with van der Waals surface area (Å²) in [6.45, 7) is 6.95. The van der Waals surface area contributed by atoms with Crippen molar-refractivity contribution in [2.75, 3.05) is 33.2 Å². The van der Waals surface area contributed by atoms with E-state index >= 15 is 0 Å². The van der Waals surface area contributed by atoms with Crippen LogP contribution in [0.3, 0.4) is 0 Å². The molecule has 2 atom stereocenters. The summed E-state index contributed by atoms with van der Waals surface area (Å²) in [4.78, 5) is 5.33. The van der Waals surface area contributed by atoms with Crippen LogP contribution in [0.2, 0.25) is 0 Å². The van der Waals surface area contributed by atoms with Gasteiger partial charge in [0.2, 0.25) is 0 Å². The predicted molar refractivity (Wildman–Crippen MR) is 77.7 cm³/mol. The Balaban J connectivity index is 2.05. The van der Waals surface area contributed by atoms with Crippen LogP contribution in [0.4, 0.5) is 0 Å². The Bertz CT molecular complexity index is 238. The van der Waals surface area contributed by atoms with Gasteiger partial charge in [-0.3, -0.25) is 4.90 Å². The van der Waals surface area contributed by atoms with E-state index in [2.05, 4.69) is 23.8 Å². The minimum absolute atomic E-state index is 0.688. The van der Waals surface area contributed by atoms with Gasteiger partial charge in [-0.25, -0.2) is 0 Å². The highest BCUT2D eigenvalue weighted by atomic mass is 15.3. The van der Waals surface area contributed by atoms with Crippen LogP contribution in [0.1, 0.15) is 45.4 Å². The molecule has 1 saturated carbocycles. The second-order valence-electron chi connectivity index (χ2n) is 6.55. The molecule has 0 aromatic carbocycles. The molecular formula is C15H31N3. The van der Waals surface area contributed by atoms with Crippen molar-refractivity contribution in [3.63, 3.8) is 0 Å². The molecule has 0 amide bonds. The topological polar surface area (TPSA) is 32.5 Å². The summed E-state index contributed by atoms with van der Waals surface area (Å²) in [5.74, 6) is 0.791.